The molecule has 0 aliphatic carbocycles. The first-order valence-corrected chi connectivity index (χ1v) is 4.96. The fraction of sp³-hybridized carbons (Fsp3) is 0.900. The Kier molecular flexibility index (Phi) is 9.05. The molecule has 0 heterocycles. The van der Waals surface area contributed by atoms with E-state index in [2.05, 4.69) is 0 Å². The first-order valence-electron chi connectivity index (χ1n) is 4.96. The van der Waals surface area contributed by atoms with Gasteiger partial charge in [-0.3, -0.25) is 9.18 Å². The van der Waals surface area contributed by atoms with Crippen molar-refractivity contribution >= 4 is 5.97 Å². The van der Waals surface area contributed by atoms with Crippen LogP contribution in [0, 0.1) is 0 Å². The van der Waals surface area contributed by atoms with Crippen molar-refractivity contribution in [2.75, 3.05) is 13.3 Å². The zero-order chi connectivity index (χ0) is 9.94. The summed E-state index contributed by atoms with van der Waals surface area (Å²) >= 11 is 0. The number of halogens is 1. The van der Waals surface area contributed by atoms with Crippen molar-refractivity contribution in [1.82, 2.24) is 0 Å². The van der Waals surface area contributed by atoms with E-state index >= 15 is 0 Å². The number of hydrogen-bond donors (Lipinski definition) is 0. The second-order valence-corrected chi connectivity index (χ2v) is 3.15. The van der Waals surface area contributed by atoms with E-state index in [4.69, 9.17) is 4.74 Å². The van der Waals surface area contributed by atoms with E-state index in [-0.39, 0.29) is 12.6 Å². The normalized spacial score (nSPS) is 10.0. The van der Waals surface area contributed by atoms with E-state index in [0.717, 1.165) is 32.1 Å². The Bertz CT molecular complexity index is 126. The lowest BCUT2D eigenvalue weighted by molar-refractivity contribution is -0.141. The van der Waals surface area contributed by atoms with E-state index in [0.29, 0.717) is 13.0 Å². The zero-order valence-electron chi connectivity index (χ0n) is 8.35. The number of alkyl halides is 1. The molecular weight excluding hydrogens is 171 g/mol. The maximum atomic E-state index is 11.7. The van der Waals surface area contributed by atoms with Crippen LogP contribution in [-0.4, -0.2) is 19.3 Å². The summed E-state index contributed by atoms with van der Waals surface area (Å²) in [5.41, 5.74) is 0. The van der Waals surface area contributed by atoms with Crippen LogP contribution in [0.15, 0.2) is 0 Å². The van der Waals surface area contributed by atoms with E-state index in [1.807, 2.05) is 0 Å². The quantitative estimate of drug-likeness (QED) is 0.434. The third-order valence-electron chi connectivity index (χ3n) is 1.83. The summed E-state index contributed by atoms with van der Waals surface area (Å²) in [7, 11) is 0. The van der Waals surface area contributed by atoms with Crippen LogP contribution in [0.25, 0.3) is 0 Å². The predicted molar refractivity (Wildman–Crippen MR) is 50.3 cm³/mol. The minimum absolute atomic E-state index is 0.201. The van der Waals surface area contributed by atoms with Crippen molar-refractivity contribution < 1.29 is 13.9 Å². The van der Waals surface area contributed by atoms with Gasteiger partial charge in [0.25, 0.3) is 0 Å². The summed E-state index contributed by atoms with van der Waals surface area (Å²) in [5.74, 6) is -0.211. The molecule has 0 aromatic carbocycles. The van der Waals surface area contributed by atoms with Crippen LogP contribution in [-0.2, 0) is 9.53 Å². The summed E-state index contributed by atoms with van der Waals surface area (Å²) in [6, 6.07) is 0. The summed E-state index contributed by atoms with van der Waals surface area (Å²) in [5, 5.41) is 0. The average Bonchev–Trinajstić information content (AvgIpc) is 2.09. The Hall–Kier alpha value is -0.600. The number of ether oxygens (including phenoxy) is 1. The van der Waals surface area contributed by atoms with Crippen LogP contribution in [0.4, 0.5) is 4.39 Å². The molecule has 2 nitrogen and oxygen atoms in total. The molecule has 0 saturated heterocycles. The molecule has 0 aliphatic rings. The average molecular weight is 190 g/mol. The van der Waals surface area contributed by atoms with Crippen LogP contribution in [0.2, 0.25) is 0 Å². The molecule has 0 atom stereocenters. The molecule has 0 fully saturated rings. The van der Waals surface area contributed by atoms with E-state index < -0.39 is 0 Å². The molecule has 0 saturated carbocycles. The number of carbonyl (C=O) groups is 1. The lowest BCUT2D eigenvalue weighted by Crippen LogP contribution is -2.00. The topological polar surface area (TPSA) is 26.3 Å². The zero-order valence-corrected chi connectivity index (χ0v) is 8.35. The van der Waals surface area contributed by atoms with Gasteiger partial charge >= 0.3 is 5.97 Å². The molecule has 0 bridgehead atoms. The van der Waals surface area contributed by atoms with Gasteiger partial charge in [-0.15, -0.1) is 0 Å². The van der Waals surface area contributed by atoms with Crippen LogP contribution >= 0.6 is 0 Å². The SMILES string of the molecule is CC(=O)OCCCCCCCCF. The van der Waals surface area contributed by atoms with Crippen LogP contribution in [0.3, 0.4) is 0 Å². The fourth-order valence-electron chi connectivity index (χ4n) is 1.12. The van der Waals surface area contributed by atoms with Gasteiger partial charge in [-0.2, -0.15) is 0 Å². The van der Waals surface area contributed by atoms with Crippen molar-refractivity contribution in [1.29, 1.82) is 0 Å². The maximum Gasteiger partial charge on any atom is 0.302 e. The Labute approximate surface area is 79.5 Å². The Morgan fingerprint density at radius 2 is 1.62 bits per heavy atom. The minimum Gasteiger partial charge on any atom is -0.466 e. The van der Waals surface area contributed by atoms with Crippen molar-refractivity contribution in [3.05, 3.63) is 0 Å². The van der Waals surface area contributed by atoms with Crippen LogP contribution < -0.4 is 0 Å². The first kappa shape index (κ1) is 12.4. The Morgan fingerprint density at radius 3 is 2.15 bits per heavy atom. The van der Waals surface area contributed by atoms with E-state index in [1.54, 1.807) is 0 Å². The monoisotopic (exact) mass is 190 g/mol. The molecule has 0 aromatic heterocycles. The standard InChI is InChI=1S/C10H19FO2/c1-10(12)13-9-7-5-3-2-4-6-8-11/h2-9H2,1H3. The van der Waals surface area contributed by atoms with Gasteiger partial charge in [0.1, 0.15) is 0 Å². The molecule has 0 unspecified atom stereocenters. The number of rotatable bonds is 8. The number of hydrogen-bond acceptors (Lipinski definition) is 2. The number of unbranched alkanes of at least 4 members (excludes halogenated alkanes) is 5. The maximum absolute atomic E-state index is 11.7. The van der Waals surface area contributed by atoms with Crippen molar-refractivity contribution in [3.63, 3.8) is 0 Å². The van der Waals surface area contributed by atoms with Gasteiger partial charge < -0.3 is 4.74 Å². The summed E-state index contributed by atoms with van der Waals surface area (Å²) in [6.07, 6.45) is 5.86. The molecule has 0 aromatic rings. The van der Waals surface area contributed by atoms with E-state index in [9.17, 15) is 9.18 Å². The Morgan fingerprint density at radius 1 is 1.08 bits per heavy atom. The third-order valence-corrected chi connectivity index (χ3v) is 1.83. The summed E-state index contributed by atoms with van der Waals surface area (Å²) < 4.78 is 16.4. The summed E-state index contributed by atoms with van der Waals surface area (Å²) in [6.45, 7) is 1.74. The van der Waals surface area contributed by atoms with Gasteiger partial charge in [0.05, 0.1) is 13.3 Å². The molecule has 0 aliphatic heterocycles. The third kappa shape index (κ3) is 11.4. The Balaban J connectivity index is 2.87. The second-order valence-electron chi connectivity index (χ2n) is 3.15. The molecule has 0 N–H and O–H groups in total. The van der Waals surface area contributed by atoms with E-state index in [1.165, 1.54) is 6.92 Å². The smallest absolute Gasteiger partial charge is 0.302 e. The number of carbonyl (C=O) groups excluding carboxylic acids is 1. The molecule has 0 radical (unpaired) electrons. The lowest BCUT2D eigenvalue weighted by Gasteiger charge is -2.01. The first-order chi connectivity index (χ1) is 6.27. The molecular formula is C10H19FO2. The number of esters is 1. The van der Waals surface area contributed by atoms with Gasteiger partial charge in [0, 0.05) is 6.92 Å². The lowest BCUT2D eigenvalue weighted by atomic mass is 10.1. The van der Waals surface area contributed by atoms with Gasteiger partial charge in [-0.25, -0.2) is 0 Å². The highest BCUT2D eigenvalue weighted by molar-refractivity contribution is 5.65. The van der Waals surface area contributed by atoms with Gasteiger partial charge in [0.2, 0.25) is 0 Å². The highest BCUT2D eigenvalue weighted by Crippen LogP contribution is 2.05. The van der Waals surface area contributed by atoms with Gasteiger partial charge in [-0.05, 0) is 12.8 Å². The highest BCUT2D eigenvalue weighted by Gasteiger charge is 1.93. The molecule has 13 heavy (non-hydrogen) atoms. The second kappa shape index (κ2) is 9.49. The largest absolute Gasteiger partial charge is 0.466 e. The van der Waals surface area contributed by atoms with Crippen LogP contribution in [0.5, 0.6) is 0 Å². The van der Waals surface area contributed by atoms with Gasteiger partial charge in [-0.1, -0.05) is 25.7 Å². The molecule has 0 spiro atoms. The molecule has 0 amide bonds. The molecule has 78 valence electrons. The molecule has 3 heteroatoms. The fourth-order valence-corrected chi connectivity index (χ4v) is 1.12. The van der Waals surface area contributed by atoms with Crippen molar-refractivity contribution in [3.8, 4) is 0 Å². The van der Waals surface area contributed by atoms with Gasteiger partial charge in [0.15, 0.2) is 0 Å². The van der Waals surface area contributed by atoms with Crippen LogP contribution in [0.1, 0.15) is 45.4 Å². The minimum atomic E-state index is -0.211. The van der Waals surface area contributed by atoms with Crippen molar-refractivity contribution in [2.24, 2.45) is 0 Å². The molecule has 0 rings (SSSR count). The van der Waals surface area contributed by atoms with Crippen molar-refractivity contribution in [2.45, 2.75) is 45.4 Å². The summed E-state index contributed by atoms with van der Waals surface area (Å²) in [4.78, 5) is 10.4. The predicted octanol–water partition coefficient (Wildman–Crippen LogP) is 2.86. The highest BCUT2D eigenvalue weighted by atomic mass is 19.1.